The molecule has 2 aliphatic rings. The number of fused-ring (bicyclic) bond motifs is 1. The van der Waals surface area contributed by atoms with E-state index in [0.717, 1.165) is 38.4 Å². The van der Waals surface area contributed by atoms with Gasteiger partial charge in [0.15, 0.2) is 0 Å². The monoisotopic (exact) mass is 261 g/mol. The molecule has 1 fully saturated rings. The molecule has 0 aromatic heterocycles. The summed E-state index contributed by atoms with van der Waals surface area (Å²) in [6.45, 7) is 3.93. The molecule has 5 nitrogen and oxygen atoms in total. The number of rotatable bonds is 3. The van der Waals surface area contributed by atoms with Gasteiger partial charge in [-0.3, -0.25) is 9.69 Å². The molecular weight excluding hydrogens is 242 g/mol. The summed E-state index contributed by atoms with van der Waals surface area (Å²) in [5, 5.41) is 3.21. The fourth-order valence-corrected chi connectivity index (χ4v) is 2.79. The first-order valence-electron chi connectivity index (χ1n) is 6.73. The maximum atomic E-state index is 11.5. The summed E-state index contributed by atoms with van der Waals surface area (Å²) >= 11 is 0. The van der Waals surface area contributed by atoms with E-state index in [2.05, 4.69) is 22.3 Å². The number of nitrogens with zero attached hydrogens (tertiary/aromatic N) is 1. The Morgan fingerprint density at radius 3 is 3.26 bits per heavy atom. The van der Waals surface area contributed by atoms with Crippen LogP contribution in [0.5, 0.6) is 5.75 Å². The molecule has 0 spiro atoms. The van der Waals surface area contributed by atoms with Crippen molar-refractivity contribution in [2.75, 3.05) is 26.2 Å². The van der Waals surface area contributed by atoms with Crippen LogP contribution < -0.4 is 15.8 Å². The van der Waals surface area contributed by atoms with Crippen LogP contribution in [0.2, 0.25) is 0 Å². The summed E-state index contributed by atoms with van der Waals surface area (Å²) in [6.07, 6.45) is 0.976. The minimum atomic E-state index is -0.253. The van der Waals surface area contributed by atoms with Crippen LogP contribution in [0.3, 0.4) is 0 Å². The quantitative estimate of drug-likeness (QED) is 0.796. The highest BCUT2D eigenvalue weighted by Gasteiger charge is 2.26. The third kappa shape index (κ3) is 2.57. The van der Waals surface area contributed by atoms with Gasteiger partial charge in [0.1, 0.15) is 11.8 Å². The number of carbonyl (C=O) groups is 1. The number of nitrogens with one attached hydrogen (secondary N) is 1. The van der Waals surface area contributed by atoms with Crippen LogP contribution in [0.4, 0.5) is 0 Å². The van der Waals surface area contributed by atoms with Crippen LogP contribution in [0.1, 0.15) is 11.1 Å². The molecule has 3 rings (SSSR count). The number of hydrogen-bond donors (Lipinski definition) is 2. The number of hydrogen-bond acceptors (Lipinski definition) is 4. The molecule has 1 amide bonds. The Kier molecular flexibility index (Phi) is 3.40. The van der Waals surface area contributed by atoms with E-state index < -0.39 is 0 Å². The molecule has 1 unspecified atom stereocenters. The van der Waals surface area contributed by atoms with Gasteiger partial charge in [-0.25, -0.2) is 0 Å². The molecule has 0 saturated carbocycles. The van der Waals surface area contributed by atoms with Crippen molar-refractivity contribution in [3.05, 3.63) is 29.3 Å². The Bertz CT molecular complexity index is 490. The molecule has 0 bridgehead atoms. The second-order valence-corrected chi connectivity index (χ2v) is 5.13. The van der Waals surface area contributed by atoms with Gasteiger partial charge < -0.3 is 15.8 Å². The predicted molar refractivity (Wildman–Crippen MR) is 71.9 cm³/mol. The molecule has 2 heterocycles. The van der Waals surface area contributed by atoms with Gasteiger partial charge in [0.25, 0.3) is 0 Å². The second-order valence-electron chi connectivity index (χ2n) is 5.13. The molecule has 0 radical (unpaired) electrons. The van der Waals surface area contributed by atoms with Crippen LogP contribution in [-0.2, 0) is 17.8 Å². The lowest BCUT2D eigenvalue weighted by atomic mass is 10.1. The van der Waals surface area contributed by atoms with Crippen molar-refractivity contribution in [1.82, 2.24) is 10.2 Å². The fraction of sp³-hybridized carbons (Fsp3) is 0.500. The van der Waals surface area contributed by atoms with E-state index in [9.17, 15) is 4.79 Å². The van der Waals surface area contributed by atoms with Crippen LogP contribution in [0, 0.1) is 0 Å². The smallest absolute Gasteiger partial charge is 0.236 e. The lowest BCUT2D eigenvalue weighted by Gasteiger charge is -2.34. The van der Waals surface area contributed by atoms with Crippen molar-refractivity contribution in [3.63, 3.8) is 0 Å². The third-order valence-electron chi connectivity index (χ3n) is 3.82. The van der Waals surface area contributed by atoms with E-state index in [-0.39, 0.29) is 11.9 Å². The third-order valence-corrected chi connectivity index (χ3v) is 3.82. The lowest BCUT2D eigenvalue weighted by molar-refractivity contribution is -0.124. The Hall–Kier alpha value is -1.59. The summed E-state index contributed by atoms with van der Waals surface area (Å²) in [4.78, 5) is 13.6. The van der Waals surface area contributed by atoms with Gasteiger partial charge >= 0.3 is 0 Å². The predicted octanol–water partition coefficient (Wildman–Crippen LogP) is -0.119. The van der Waals surface area contributed by atoms with Gasteiger partial charge in [0.05, 0.1) is 6.61 Å². The summed E-state index contributed by atoms with van der Waals surface area (Å²) in [5.74, 6) is 0.743. The van der Waals surface area contributed by atoms with E-state index in [4.69, 9.17) is 10.5 Å². The summed E-state index contributed by atoms with van der Waals surface area (Å²) < 4.78 is 5.51. The van der Waals surface area contributed by atoms with E-state index in [1.807, 2.05) is 6.07 Å². The Morgan fingerprint density at radius 1 is 1.53 bits per heavy atom. The second kappa shape index (κ2) is 5.19. The molecule has 1 aromatic carbocycles. The fourth-order valence-electron chi connectivity index (χ4n) is 2.79. The van der Waals surface area contributed by atoms with Crippen LogP contribution in [0.15, 0.2) is 18.2 Å². The Morgan fingerprint density at radius 2 is 2.42 bits per heavy atom. The highest BCUT2D eigenvalue weighted by molar-refractivity contribution is 5.80. The summed E-state index contributed by atoms with van der Waals surface area (Å²) in [5.41, 5.74) is 7.95. The number of amides is 1. The highest BCUT2D eigenvalue weighted by Crippen LogP contribution is 2.26. The normalized spacial score (nSPS) is 22.8. The van der Waals surface area contributed by atoms with Crippen molar-refractivity contribution in [2.45, 2.75) is 19.0 Å². The van der Waals surface area contributed by atoms with E-state index in [0.29, 0.717) is 6.54 Å². The van der Waals surface area contributed by atoms with Gasteiger partial charge in [-0.05, 0) is 17.2 Å². The Labute approximate surface area is 112 Å². The zero-order valence-corrected chi connectivity index (χ0v) is 10.9. The summed E-state index contributed by atoms with van der Waals surface area (Å²) in [7, 11) is 0. The van der Waals surface area contributed by atoms with Crippen molar-refractivity contribution in [1.29, 1.82) is 0 Å². The van der Waals surface area contributed by atoms with Crippen molar-refractivity contribution in [2.24, 2.45) is 5.73 Å². The highest BCUT2D eigenvalue weighted by atomic mass is 16.5. The number of piperazine rings is 1. The van der Waals surface area contributed by atoms with E-state index in [1.54, 1.807) is 0 Å². The van der Waals surface area contributed by atoms with Gasteiger partial charge in [0, 0.05) is 32.6 Å². The number of ether oxygens (including phenoxy) is 1. The molecule has 0 aliphatic carbocycles. The maximum Gasteiger partial charge on any atom is 0.236 e. The van der Waals surface area contributed by atoms with E-state index >= 15 is 0 Å². The molecular formula is C14H19N3O2. The molecule has 1 atom stereocenters. The topological polar surface area (TPSA) is 67.6 Å². The molecule has 19 heavy (non-hydrogen) atoms. The van der Waals surface area contributed by atoms with Crippen molar-refractivity contribution in [3.8, 4) is 5.75 Å². The number of nitrogens with two attached hydrogens (primary N) is 1. The minimum Gasteiger partial charge on any atom is -0.493 e. The van der Waals surface area contributed by atoms with Gasteiger partial charge in [-0.1, -0.05) is 12.1 Å². The van der Waals surface area contributed by atoms with Crippen LogP contribution in [0.25, 0.3) is 0 Å². The van der Waals surface area contributed by atoms with Crippen LogP contribution in [-0.4, -0.2) is 43.1 Å². The lowest BCUT2D eigenvalue weighted by Crippen LogP contribution is -2.56. The van der Waals surface area contributed by atoms with Gasteiger partial charge in [-0.2, -0.15) is 0 Å². The van der Waals surface area contributed by atoms with Crippen molar-refractivity contribution < 1.29 is 9.53 Å². The maximum absolute atomic E-state index is 11.5. The van der Waals surface area contributed by atoms with Crippen LogP contribution >= 0.6 is 0 Å². The molecule has 5 heteroatoms. The minimum absolute atomic E-state index is 0.210. The Balaban J connectivity index is 1.74. The van der Waals surface area contributed by atoms with Crippen molar-refractivity contribution >= 4 is 5.91 Å². The van der Waals surface area contributed by atoms with E-state index in [1.165, 1.54) is 11.1 Å². The number of primary amides is 1. The first-order chi connectivity index (χ1) is 9.24. The van der Waals surface area contributed by atoms with Gasteiger partial charge in [-0.15, -0.1) is 0 Å². The molecule has 1 aromatic rings. The number of carbonyl (C=O) groups excluding carboxylic acids is 1. The average Bonchev–Trinajstić information content (AvgIpc) is 2.86. The zero-order chi connectivity index (χ0) is 13.2. The largest absolute Gasteiger partial charge is 0.493 e. The standard InChI is InChI=1S/C14H19N3O2/c15-14(18)12-8-16-4-5-17(12)9-10-1-2-13-11(7-10)3-6-19-13/h1-2,7,12,16H,3-6,8-9H2,(H2,15,18). The molecule has 102 valence electrons. The molecule has 1 saturated heterocycles. The summed E-state index contributed by atoms with van der Waals surface area (Å²) in [6, 6.07) is 6.07. The zero-order valence-electron chi connectivity index (χ0n) is 10.9. The average molecular weight is 261 g/mol. The van der Waals surface area contributed by atoms with Gasteiger partial charge in [0.2, 0.25) is 5.91 Å². The SMILES string of the molecule is NC(=O)C1CNCCN1Cc1ccc2c(c1)CCO2. The number of benzene rings is 1. The molecule has 3 N–H and O–H groups in total. The first kappa shape index (κ1) is 12.4. The first-order valence-corrected chi connectivity index (χ1v) is 6.73. The molecule has 2 aliphatic heterocycles.